The van der Waals surface area contributed by atoms with E-state index in [0.717, 1.165) is 6.54 Å². The lowest BCUT2D eigenvalue weighted by Crippen LogP contribution is -2.52. The predicted octanol–water partition coefficient (Wildman–Crippen LogP) is 1.82. The van der Waals surface area contributed by atoms with Crippen molar-refractivity contribution in [3.63, 3.8) is 0 Å². The Kier molecular flexibility index (Phi) is 4.42. The van der Waals surface area contributed by atoms with E-state index in [1.54, 1.807) is 12.1 Å². The Morgan fingerprint density at radius 3 is 3.00 bits per heavy atom. The number of halogens is 1. The van der Waals surface area contributed by atoms with Gasteiger partial charge in [-0.05, 0) is 25.0 Å². The average Bonchev–Trinajstić information content (AvgIpc) is 2.58. The van der Waals surface area contributed by atoms with Crippen molar-refractivity contribution in [1.82, 2.24) is 4.90 Å². The first-order valence-electron chi connectivity index (χ1n) is 7.57. The molecule has 4 nitrogen and oxygen atoms in total. The molecule has 1 aromatic carbocycles. The van der Waals surface area contributed by atoms with E-state index in [9.17, 15) is 9.50 Å². The van der Waals surface area contributed by atoms with Crippen LogP contribution in [-0.2, 0) is 4.74 Å². The molecule has 0 amide bonds. The average molecular weight is 295 g/mol. The van der Waals surface area contributed by atoms with Gasteiger partial charge in [0, 0.05) is 25.2 Å². The minimum atomic E-state index is -1.04. The first-order chi connectivity index (χ1) is 10.1. The summed E-state index contributed by atoms with van der Waals surface area (Å²) >= 11 is 0. The summed E-state index contributed by atoms with van der Waals surface area (Å²) in [5.41, 5.74) is -1.04. The van der Waals surface area contributed by atoms with E-state index >= 15 is 0 Å². The second kappa shape index (κ2) is 6.30. The standard InChI is InChI=1S/C16H22FNO3/c17-13-3-1-6-15(9-13)21-12-16(19)10-18(7-8-20-11-16)14-4-2-5-14/h1,3,6,9,14,19H,2,4-5,7-8,10-12H2/t16-/m1/s1. The van der Waals surface area contributed by atoms with Gasteiger partial charge in [0.15, 0.2) is 0 Å². The van der Waals surface area contributed by atoms with Crippen molar-refractivity contribution in [2.45, 2.75) is 30.9 Å². The highest BCUT2D eigenvalue weighted by Crippen LogP contribution is 2.27. The topological polar surface area (TPSA) is 41.9 Å². The third-order valence-corrected chi connectivity index (χ3v) is 4.29. The van der Waals surface area contributed by atoms with E-state index in [4.69, 9.17) is 9.47 Å². The third kappa shape index (κ3) is 3.73. The zero-order chi connectivity index (χ0) is 14.7. The van der Waals surface area contributed by atoms with Gasteiger partial charge in [0.1, 0.15) is 23.8 Å². The fourth-order valence-electron chi connectivity index (χ4n) is 2.87. The summed E-state index contributed by atoms with van der Waals surface area (Å²) in [5, 5.41) is 10.7. The van der Waals surface area contributed by atoms with Gasteiger partial charge in [0.2, 0.25) is 0 Å². The Morgan fingerprint density at radius 1 is 1.43 bits per heavy atom. The lowest BCUT2D eigenvalue weighted by atomic mass is 9.90. The van der Waals surface area contributed by atoms with E-state index < -0.39 is 5.60 Å². The maximum atomic E-state index is 13.1. The molecule has 1 saturated heterocycles. The molecule has 1 atom stereocenters. The van der Waals surface area contributed by atoms with Crippen molar-refractivity contribution in [3.8, 4) is 5.75 Å². The molecule has 0 radical (unpaired) electrons. The monoisotopic (exact) mass is 295 g/mol. The molecule has 0 unspecified atom stereocenters. The Morgan fingerprint density at radius 2 is 2.29 bits per heavy atom. The first kappa shape index (κ1) is 14.8. The lowest BCUT2D eigenvalue weighted by molar-refractivity contribution is -0.0698. The van der Waals surface area contributed by atoms with Gasteiger partial charge >= 0.3 is 0 Å². The number of rotatable bonds is 4. The molecule has 5 heteroatoms. The van der Waals surface area contributed by atoms with E-state index in [-0.39, 0.29) is 19.0 Å². The van der Waals surface area contributed by atoms with Crippen molar-refractivity contribution in [2.24, 2.45) is 0 Å². The number of hydrogen-bond donors (Lipinski definition) is 1. The van der Waals surface area contributed by atoms with E-state index in [2.05, 4.69) is 4.90 Å². The number of hydrogen-bond acceptors (Lipinski definition) is 4. The summed E-state index contributed by atoms with van der Waals surface area (Å²) in [7, 11) is 0. The van der Waals surface area contributed by atoms with Gasteiger partial charge in [-0.15, -0.1) is 0 Å². The second-order valence-corrected chi connectivity index (χ2v) is 6.08. The number of nitrogens with zero attached hydrogens (tertiary/aromatic N) is 1. The van der Waals surface area contributed by atoms with Crippen LogP contribution in [0.4, 0.5) is 4.39 Å². The summed E-state index contributed by atoms with van der Waals surface area (Å²) in [5.74, 6) is 0.0931. The molecule has 2 fully saturated rings. The van der Waals surface area contributed by atoms with Gasteiger partial charge in [-0.25, -0.2) is 4.39 Å². The fraction of sp³-hybridized carbons (Fsp3) is 0.625. The molecule has 0 bridgehead atoms. The summed E-state index contributed by atoms with van der Waals surface area (Å²) in [6, 6.07) is 6.54. The Hall–Kier alpha value is -1.17. The van der Waals surface area contributed by atoms with Crippen molar-refractivity contribution in [3.05, 3.63) is 30.1 Å². The van der Waals surface area contributed by atoms with Crippen LogP contribution in [0.1, 0.15) is 19.3 Å². The van der Waals surface area contributed by atoms with Gasteiger partial charge < -0.3 is 14.6 Å². The van der Waals surface area contributed by atoms with Gasteiger partial charge in [-0.2, -0.15) is 0 Å². The summed E-state index contributed by atoms with van der Waals surface area (Å²) in [4.78, 5) is 2.30. The van der Waals surface area contributed by atoms with Crippen LogP contribution in [-0.4, -0.2) is 54.6 Å². The van der Waals surface area contributed by atoms with Crippen LogP contribution in [0.3, 0.4) is 0 Å². The molecule has 3 rings (SSSR count). The zero-order valence-electron chi connectivity index (χ0n) is 12.1. The highest BCUT2D eigenvalue weighted by atomic mass is 19.1. The zero-order valence-corrected chi connectivity index (χ0v) is 12.1. The maximum Gasteiger partial charge on any atom is 0.134 e. The SMILES string of the molecule is O[C@@]1(COc2cccc(F)c2)COCCN(C2CCC2)C1. The Labute approximate surface area is 124 Å². The molecule has 1 heterocycles. The molecule has 0 spiro atoms. The summed E-state index contributed by atoms with van der Waals surface area (Å²) < 4.78 is 24.2. The Balaban J connectivity index is 1.61. The number of β-amino-alcohol motifs (C(OH)–C–C–N with tert-alkyl or cyclic N) is 1. The van der Waals surface area contributed by atoms with Crippen LogP contribution >= 0.6 is 0 Å². The molecule has 116 valence electrons. The van der Waals surface area contributed by atoms with Crippen LogP contribution in [0.2, 0.25) is 0 Å². The minimum Gasteiger partial charge on any atom is -0.490 e. The highest BCUT2D eigenvalue weighted by molar-refractivity contribution is 5.22. The predicted molar refractivity (Wildman–Crippen MR) is 76.9 cm³/mol. The molecular formula is C16H22FNO3. The Bertz CT molecular complexity index is 480. The second-order valence-electron chi connectivity index (χ2n) is 6.08. The van der Waals surface area contributed by atoms with Crippen molar-refractivity contribution in [2.75, 3.05) is 32.9 Å². The molecule has 1 aliphatic heterocycles. The minimum absolute atomic E-state index is 0.111. The lowest BCUT2D eigenvalue weighted by Gasteiger charge is -2.39. The normalized spacial score (nSPS) is 27.9. The molecule has 1 N–H and O–H groups in total. The summed E-state index contributed by atoms with van der Waals surface area (Å²) in [6.07, 6.45) is 3.65. The number of aliphatic hydroxyl groups is 1. The van der Waals surface area contributed by atoms with Crippen molar-refractivity contribution in [1.29, 1.82) is 0 Å². The quantitative estimate of drug-likeness (QED) is 0.920. The van der Waals surface area contributed by atoms with Crippen molar-refractivity contribution >= 4 is 0 Å². The van der Waals surface area contributed by atoms with Gasteiger partial charge in [0.25, 0.3) is 0 Å². The van der Waals surface area contributed by atoms with Crippen molar-refractivity contribution < 1.29 is 19.0 Å². The van der Waals surface area contributed by atoms with Gasteiger partial charge in [-0.1, -0.05) is 12.5 Å². The molecule has 1 saturated carbocycles. The third-order valence-electron chi connectivity index (χ3n) is 4.29. The highest BCUT2D eigenvalue weighted by Gasteiger charge is 2.37. The van der Waals surface area contributed by atoms with Crippen LogP contribution < -0.4 is 4.74 Å². The first-order valence-corrected chi connectivity index (χ1v) is 7.57. The van der Waals surface area contributed by atoms with Crippen LogP contribution in [0.15, 0.2) is 24.3 Å². The molecule has 1 aliphatic carbocycles. The van der Waals surface area contributed by atoms with Crippen LogP contribution in [0, 0.1) is 5.82 Å². The molecule has 2 aliphatic rings. The number of ether oxygens (including phenoxy) is 2. The van der Waals surface area contributed by atoms with E-state index in [1.165, 1.54) is 31.4 Å². The molecule has 0 aromatic heterocycles. The van der Waals surface area contributed by atoms with Gasteiger partial charge in [0.05, 0.1) is 13.2 Å². The van der Waals surface area contributed by atoms with Gasteiger partial charge in [-0.3, -0.25) is 4.90 Å². The maximum absolute atomic E-state index is 13.1. The molecular weight excluding hydrogens is 273 g/mol. The largest absolute Gasteiger partial charge is 0.490 e. The van der Waals surface area contributed by atoms with Crippen LogP contribution in [0.5, 0.6) is 5.75 Å². The fourth-order valence-corrected chi connectivity index (χ4v) is 2.87. The molecule has 1 aromatic rings. The number of benzene rings is 1. The van der Waals surface area contributed by atoms with E-state index in [0.29, 0.717) is 24.9 Å². The molecule has 21 heavy (non-hydrogen) atoms. The van der Waals surface area contributed by atoms with E-state index in [1.807, 2.05) is 0 Å². The van der Waals surface area contributed by atoms with Crippen LogP contribution in [0.25, 0.3) is 0 Å². The summed E-state index contributed by atoms with van der Waals surface area (Å²) in [6.45, 7) is 2.41. The smallest absolute Gasteiger partial charge is 0.134 e.